The molecule has 0 aliphatic rings. The Labute approximate surface area is 258 Å². The summed E-state index contributed by atoms with van der Waals surface area (Å²) in [7, 11) is -3.91. The maximum absolute atomic E-state index is 12.8. The van der Waals surface area contributed by atoms with Crippen molar-refractivity contribution in [3.8, 4) is 0 Å². The van der Waals surface area contributed by atoms with Crippen molar-refractivity contribution in [1.82, 2.24) is 29.7 Å². The summed E-state index contributed by atoms with van der Waals surface area (Å²) in [6, 6.07) is 25.9. The predicted molar refractivity (Wildman–Crippen MR) is 171 cm³/mol. The van der Waals surface area contributed by atoms with E-state index in [0.29, 0.717) is 22.2 Å². The van der Waals surface area contributed by atoms with Crippen LogP contribution in [-0.4, -0.2) is 49.8 Å². The van der Waals surface area contributed by atoms with Crippen molar-refractivity contribution in [3.63, 3.8) is 0 Å². The van der Waals surface area contributed by atoms with Crippen LogP contribution in [0.15, 0.2) is 95.0 Å². The zero-order chi connectivity index (χ0) is 30.7. The number of benzene rings is 3. The number of nitrogens with one attached hydrogen (secondary N) is 2. The summed E-state index contributed by atoms with van der Waals surface area (Å²) < 4.78 is 30.1. The van der Waals surface area contributed by atoms with Gasteiger partial charge in [-0.15, -0.1) is 10.2 Å². The van der Waals surface area contributed by atoms with E-state index in [1.54, 1.807) is 19.9 Å². The molecule has 44 heavy (non-hydrogen) atoms. The SMILES string of the molecule is Cc1cc(C)nc(NS(=O)(=O)c2ccc(NC(=O)CSc3nnc4c5ccccc5n(CCc5ccccc5)c4n3)cc2)n1. The molecule has 0 fully saturated rings. The third kappa shape index (κ3) is 6.53. The number of fused-ring (bicyclic) bond motifs is 3. The Hall–Kier alpha value is -4.88. The van der Waals surface area contributed by atoms with Crippen molar-refractivity contribution in [3.05, 3.63) is 102 Å². The smallest absolute Gasteiger partial charge is 0.264 e. The molecule has 2 N–H and O–H groups in total. The van der Waals surface area contributed by atoms with Crippen LogP contribution in [0.2, 0.25) is 0 Å². The lowest BCUT2D eigenvalue weighted by molar-refractivity contribution is -0.113. The van der Waals surface area contributed by atoms with Gasteiger partial charge < -0.3 is 9.88 Å². The monoisotopic (exact) mass is 624 g/mol. The molecule has 0 aliphatic heterocycles. The molecule has 0 radical (unpaired) electrons. The van der Waals surface area contributed by atoms with Crippen LogP contribution in [0.1, 0.15) is 17.0 Å². The van der Waals surface area contributed by atoms with Gasteiger partial charge in [0.15, 0.2) is 5.65 Å². The molecular weight excluding hydrogens is 597 g/mol. The molecule has 0 unspecified atom stereocenters. The van der Waals surface area contributed by atoms with E-state index in [1.807, 2.05) is 42.5 Å². The second-order valence-electron chi connectivity index (χ2n) is 10.1. The van der Waals surface area contributed by atoms with E-state index in [1.165, 1.54) is 41.6 Å². The van der Waals surface area contributed by atoms with Crippen LogP contribution in [0.4, 0.5) is 11.6 Å². The Kier molecular flexibility index (Phi) is 8.22. The highest BCUT2D eigenvalue weighted by molar-refractivity contribution is 7.99. The summed E-state index contributed by atoms with van der Waals surface area (Å²) >= 11 is 1.18. The van der Waals surface area contributed by atoms with Crippen LogP contribution < -0.4 is 10.0 Å². The number of hydrogen-bond acceptors (Lipinski definition) is 9. The van der Waals surface area contributed by atoms with Crippen LogP contribution in [-0.2, 0) is 27.8 Å². The van der Waals surface area contributed by atoms with Gasteiger partial charge >= 0.3 is 0 Å². The summed E-state index contributed by atoms with van der Waals surface area (Å²) in [5, 5.41) is 12.9. The number of thioether (sulfide) groups is 1. The van der Waals surface area contributed by atoms with E-state index in [0.717, 1.165) is 35.0 Å². The third-order valence-corrected chi connectivity index (χ3v) is 8.99. The molecule has 0 bridgehead atoms. The fourth-order valence-corrected chi connectivity index (χ4v) is 6.38. The van der Waals surface area contributed by atoms with E-state index in [9.17, 15) is 13.2 Å². The van der Waals surface area contributed by atoms with Gasteiger partial charge in [-0.2, -0.15) is 0 Å². The molecule has 13 heteroatoms. The largest absolute Gasteiger partial charge is 0.325 e. The standard InChI is InChI=1S/C31H28N8O3S2/c1-20-18-21(2)33-30(32-20)38-44(41,42)24-14-12-23(13-15-24)34-27(40)19-43-31-35-29-28(36-37-31)25-10-6-7-11-26(25)39(29)17-16-22-8-4-3-5-9-22/h3-15,18H,16-17,19H2,1-2H3,(H,34,40)(H,32,33,38). The average molecular weight is 625 g/mol. The van der Waals surface area contributed by atoms with Crippen LogP contribution in [0.25, 0.3) is 22.1 Å². The zero-order valence-electron chi connectivity index (χ0n) is 23.9. The quantitative estimate of drug-likeness (QED) is 0.197. The van der Waals surface area contributed by atoms with Crippen molar-refractivity contribution in [2.24, 2.45) is 0 Å². The van der Waals surface area contributed by atoms with E-state index >= 15 is 0 Å². The van der Waals surface area contributed by atoms with Gasteiger partial charge in [0, 0.05) is 29.0 Å². The Balaban J connectivity index is 1.12. The first-order valence-electron chi connectivity index (χ1n) is 13.8. The molecular formula is C31H28N8O3S2. The van der Waals surface area contributed by atoms with Crippen molar-refractivity contribution in [2.75, 3.05) is 15.8 Å². The predicted octanol–water partition coefficient (Wildman–Crippen LogP) is 5.16. The number of sulfonamides is 1. The maximum atomic E-state index is 12.8. The van der Waals surface area contributed by atoms with E-state index in [-0.39, 0.29) is 22.5 Å². The molecule has 0 aliphatic carbocycles. The normalized spacial score (nSPS) is 11.6. The molecule has 3 heterocycles. The number of aromatic nitrogens is 6. The Morgan fingerprint density at radius 3 is 2.32 bits per heavy atom. The molecule has 3 aromatic heterocycles. The van der Waals surface area contributed by atoms with Crippen LogP contribution >= 0.6 is 11.8 Å². The van der Waals surface area contributed by atoms with Crippen molar-refractivity contribution >= 4 is 61.4 Å². The highest BCUT2D eigenvalue weighted by Crippen LogP contribution is 2.28. The number of nitrogens with zero attached hydrogens (tertiary/aromatic N) is 6. The number of para-hydroxylation sites is 1. The third-order valence-electron chi connectivity index (χ3n) is 6.81. The molecule has 3 aromatic carbocycles. The minimum Gasteiger partial charge on any atom is -0.325 e. The van der Waals surface area contributed by atoms with Gasteiger partial charge in [-0.3, -0.25) is 4.79 Å². The lowest BCUT2D eigenvalue weighted by Crippen LogP contribution is -2.16. The van der Waals surface area contributed by atoms with E-state index in [2.05, 4.69) is 46.9 Å². The Morgan fingerprint density at radius 1 is 0.864 bits per heavy atom. The summed E-state index contributed by atoms with van der Waals surface area (Å²) in [4.78, 5) is 25.8. The van der Waals surface area contributed by atoms with Gasteiger partial charge in [-0.05, 0) is 62.2 Å². The van der Waals surface area contributed by atoms with Crippen molar-refractivity contribution < 1.29 is 13.2 Å². The first-order chi connectivity index (χ1) is 21.2. The minimum atomic E-state index is -3.91. The molecule has 0 saturated carbocycles. The van der Waals surface area contributed by atoms with Gasteiger partial charge in [0.2, 0.25) is 17.0 Å². The molecule has 0 spiro atoms. The van der Waals surface area contributed by atoms with Gasteiger partial charge in [0.1, 0.15) is 5.52 Å². The molecule has 0 saturated heterocycles. The van der Waals surface area contributed by atoms with Gasteiger partial charge in [-0.1, -0.05) is 60.3 Å². The number of anilines is 2. The molecule has 0 atom stereocenters. The maximum Gasteiger partial charge on any atom is 0.264 e. The second-order valence-corrected chi connectivity index (χ2v) is 12.7. The van der Waals surface area contributed by atoms with Crippen LogP contribution in [0.5, 0.6) is 0 Å². The van der Waals surface area contributed by atoms with Crippen LogP contribution in [0.3, 0.4) is 0 Å². The molecule has 222 valence electrons. The average Bonchev–Trinajstić information content (AvgIpc) is 3.32. The van der Waals surface area contributed by atoms with Gasteiger partial charge in [-0.25, -0.2) is 28.1 Å². The zero-order valence-corrected chi connectivity index (χ0v) is 25.6. The topological polar surface area (TPSA) is 145 Å². The van der Waals surface area contributed by atoms with Crippen molar-refractivity contribution in [1.29, 1.82) is 0 Å². The van der Waals surface area contributed by atoms with Gasteiger partial charge in [0.25, 0.3) is 10.0 Å². The Morgan fingerprint density at radius 2 is 1.57 bits per heavy atom. The second kappa shape index (κ2) is 12.4. The fourth-order valence-electron chi connectivity index (χ4n) is 4.86. The summed E-state index contributed by atoms with van der Waals surface area (Å²) in [5.74, 6) is -0.243. The minimum absolute atomic E-state index is 0.00311. The first-order valence-corrected chi connectivity index (χ1v) is 16.3. The summed E-state index contributed by atoms with van der Waals surface area (Å²) in [6.45, 7) is 4.24. The van der Waals surface area contributed by atoms with Crippen molar-refractivity contribution in [2.45, 2.75) is 36.9 Å². The number of aryl methyl sites for hydroxylation is 4. The van der Waals surface area contributed by atoms with E-state index in [4.69, 9.17) is 4.98 Å². The molecule has 6 rings (SSSR count). The number of amides is 1. The number of hydrogen-bond donors (Lipinski definition) is 2. The number of rotatable bonds is 10. The summed E-state index contributed by atoms with van der Waals surface area (Å²) in [6.07, 6.45) is 0.832. The number of carbonyl (C=O) groups excluding carboxylic acids is 1. The number of carbonyl (C=O) groups is 1. The lowest BCUT2D eigenvalue weighted by atomic mass is 10.1. The van der Waals surface area contributed by atoms with Crippen LogP contribution in [0, 0.1) is 13.8 Å². The highest BCUT2D eigenvalue weighted by atomic mass is 32.2. The van der Waals surface area contributed by atoms with Gasteiger partial charge in [0.05, 0.1) is 16.2 Å². The fraction of sp³-hybridized carbons (Fsp3) is 0.161. The first kappa shape index (κ1) is 29.2. The molecule has 11 nitrogen and oxygen atoms in total. The lowest BCUT2D eigenvalue weighted by Gasteiger charge is -2.09. The highest BCUT2D eigenvalue weighted by Gasteiger charge is 2.18. The van der Waals surface area contributed by atoms with E-state index < -0.39 is 10.0 Å². The summed E-state index contributed by atoms with van der Waals surface area (Å²) in [5.41, 5.74) is 5.45. The molecule has 1 amide bonds. The Bertz CT molecular complexity index is 2060. The molecule has 6 aromatic rings.